The van der Waals surface area contributed by atoms with Gasteiger partial charge in [0.2, 0.25) is 0 Å². The van der Waals surface area contributed by atoms with Gasteiger partial charge >= 0.3 is 0 Å². The lowest BCUT2D eigenvalue weighted by molar-refractivity contribution is -0.0945. The van der Waals surface area contributed by atoms with Gasteiger partial charge in [0.1, 0.15) is 0 Å². The van der Waals surface area contributed by atoms with Crippen molar-refractivity contribution in [2.24, 2.45) is 11.8 Å². The van der Waals surface area contributed by atoms with E-state index in [4.69, 9.17) is 13.6 Å². The molecule has 0 radical (unpaired) electrons. The standard InChI is InChI=1S/C30H52O4Si2/c1-29(2,3)35(7,8)33-23(17-16-22-14-12-11-13-15-22)18-19-24-25-20-28(31)32-26(25)21-27(24)34-36(9,10)30(4,5)6/h11-15,18-19,23-28,31H,16-17,20-21H2,1-10H3/b19-18+/t23-,24?,25?,26?,27?,28?/m0/s1. The van der Waals surface area contributed by atoms with Crippen LogP contribution in [-0.4, -0.2) is 46.3 Å². The second-order valence-electron chi connectivity index (χ2n) is 14.1. The number of aryl methyl sites for hydroxylation is 1. The Morgan fingerprint density at radius 3 is 2.17 bits per heavy atom. The predicted octanol–water partition coefficient (Wildman–Crippen LogP) is 7.70. The number of fused-ring (bicyclic) bond motifs is 1. The second-order valence-corrected chi connectivity index (χ2v) is 23.6. The van der Waals surface area contributed by atoms with Gasteiger partial charge < -0.3 is 18.7 Å². The third kappa shape index (κ3) is 7.20. The zero-order valence-electron chi connectivity index (χ0n) is 24.5. The quantitative estimate of drug-likeness (QED) is 0.261. The third-order valence-electron chi connectivity index (χ3n) is 9.28. The smallest absolute Gasteiger partial charge is 0.192 e. The summed E-state index contributed by atoms with van der Waals surface area (Å²) in [5.74, 6) is 0.539. The lowest BCUT2D eigenvalue weighted by atomic mass is 9.91. The maximum Gasteiger partial charge on any atom is 0.192 e. The van der Waals surface area contributed by atoms with Gasteiger partial charge in [-0.15, -0.1) is 0 Å². The molecule has 0 amide bonds. The molecule has 0 spiro atoms. The van der Waals surface area contributed by atoms with Crippen molar-refractivity contribution in [2.75, 3.05) is 0 Å². The highest BCUT2D eigenvalue weighted by Gasteiger charge is 2.51. The van der Waals surface area contributed by atoms with Crippen molar-refractivity contribution < 1.29 is 18.7 Å². The van der Waals surface area contributed by atoms with Gasteiger partial charge in [-0.25, -0.2) is 0 Å². The molecule has 0 aromatic heterocycles. The van der Waals surface area contributed by atoms with Crippen LogP contribution in [0.4, 0.5) is 0 Å². The summed E-state index contributed by atoms with van der Waals surface area (Å²) in [7, 11) is -3.87. The minimum atomic E-state index is -1.94. The first kappa shape index (κ1) is 29.8. The van der Waals surface area contributed by atoms with Crippen molar-refractivity contribution in [1.29, 1.82) is 0 Å². The van der Waals surface area contributed by atoms with E-state index in [1.54, 1.807) is 0 Å². The van der Waals surface area contributed by atoms with Crippen molar-refractivity contribution in [3.63, 3.8) is 0 Å². The van der Waals surface area contributed by atoms with Gasteiger partial charge in [-0.1, -0.05) is 84.0 Å². The number of aliphatic hydroxyl groups is 1. The van der Waals surface area contributed by atoms with E-state index in [0.29, 0.717) is 12.3 Å². The largest absolute Gasteiger partial charge is 0.413 e. The molecule has 1 N–H and O–H groups in total. The van der Waals surface area contributed by atoms with E-state index in [-0.39, 0.29) is 34.3 Å². The van der Waals surface area contributed by atoms with Crippen LogP contribution < -0.4 is 0 Å². The normalized spacial score (nSPS) is 28.6. The molecule has 1 aliphatic carbocycles. The van der Waals surface area contributed by atoms with Crippen LogP contribution in [0.3, 0.4) is 0 Å². The average Bonchev–Trinajstić information content (AvgIpc) is 3.24. The minimum absolute atomic E-state index is 0.0610. The van der Waals surface area contributed by atoms with Crippen molar-refractivity contribution in [2.45, 2.75) is 128 Å². The van der Waals surface area contributed by atoms with Gasteiger partial charge in [-0.2, -0.15) is 0 Å². The predicted molar refractivity (Wildman–Crippen MR) is 155 cm³/mol. The molecule has 6 atom stereocenters. The number of hydrogen-bond donors (Lipinski definition) is 1. The zero-order valence-corrected chi connectivity index (χ0v) is 26.5. The summed E-state index contributed by atoms with van der Waals surface area (Å²) in [5, 5.41) is 10.5. The summed E-state index contributed by atoms with van der Waals surface area (Å²) >= 11 is 0. The molecule has 204 valence electrons. The number of ether oxygens (including phenoxy) is 1. The fraction of sp³-hybridized carbons (Fsp3) is 0.733. The van der Waals surface area contributed by atoms with Crippen molar-refractivity contribution in [3.05, 3.63) is 48.0 Å². The molecule has 1 saturated carbocycles. The van der Waals surface area contributed by atoms with Crippen molar-refractivity contribution >= 4 is 16.6 Å². The maximum absolute atomic E-state index is 10.2. The SMILES string of the molecule is CC(C)(C)[Si](C)(C)OC1CC2OC(O)CC2C1/C=C/[C@H](CCc1ccccc1)O[Si](C)(C)C(C)(C)C. The molecule has 1 aliphatic heterocycles. The van der Waals surface area contributed by atoms with Crippen LogP contribution in [0.25, 0.3) is 0 Å². The molecule has 1 aromatic carbocycles. The molecule has 0 bridgehead atoms. The van der Waals surface area contributed by atoms with Gasteiger partial charge in [-0.05, 0) is 67.0 Å². The molecular formula is C30H52O4Si2. The van der Waals surface area contributed by atoms with Crippen LogP contribution in [0.15, 0.2) is 42.5 Å². The molecule has 2 aliphatic rings. The zero-order chi connectivity index (χ0) is 26.9. The molecule has 1 aromatic rings. The fourth-order valence-electron chi connectivity index (χ4n) is 4.94. The highest BCUT2D eigenvalue weighted by Crippen LogP contribution is 2.48. The van der Waals surface area contributed by atoms with Crippen LogP contribution in [0.5, 0.6) is 0 Å². The Morgan fingerprint density at radius 2 is 1.58 bits per heavy atom. The number of benzene rings is 1. The highest BCUT2D eigenvalue weighted by molar-refractivity contribution is 6.74. The van der Waals surface area contributed by atoms with Crippen molar-refractivity contribution in [1.82, 2.24) is 0 Å². The first-order valence-corrected chi connectivity index (χ1v) is 19.7. The molecular weight excluding hydrogens is 480 g/mol. The van der Waals surface area contributed by atoms with Gasteiger partial charge in [0.25, 0.3) is 0 Å². The Hall–Kier alpha value is -0.766. The van der Waals surface area contributed by atoms with Crippen LogP contribution in [0.2, 0.25) is 36.3 Å². The molecule has 1 heterocycles. The van der Waals surface area contributed by atoms with Crippen LogP contribution in [0, 0.1) is 11.8 Å². The minimum Gasteiger partial charge on any atom is -0.413 e. The maximum atomic E-state index is 10.2. The molecule has 1 saturated heterocycles. The monoisotopic (exact) mass is 532 g/mol. The number of rotatable bonds is 9. The van der Waals surface area contributed by atoms with E-state index in [9.17, 15) is 5.11 Å². The Labute approximate surface area is 223 Å². The van der Waals surface area contributed by atoms with Crippen LogP contribution >= 0.6 is 0 Å². The molecule has 6 heteroatoms. The molecule has 3 rings (SSSR count). The average molecular weight is 533 g/mol. The third-order valence-corrected chi connectivity index (χ3v) is 18.3. The fourth-order valence-corrected chi connectivity index (χ4v) is 7.61. The van der Waals surface area contributed by atoms with E-state index >= 15 is 0 Å². The molecule has 2 fully saturated rings. The summed E-state index contributed by atoms with van der Waals surface area (Å²) in [4.78, 5) is 0. The second kappa shape index (κ2) is 11.1. The summed E-state index contributed by atoms with van der Waals surface area (Å²) in [6.45, 7) is 23.2. The Bertz CT molecular complexity index is 869. The van der Waals surface area contributed by atoms with Gasteiger partial charge in [0.05, 0.1) is 18.3 Å². The Balaban J connectivity index is 1.83. The first-order chi connectivity index (χ1) is 16.5. The lowest BCUT2D eigenvalue weighted by Crippen LogP contribution is -2.45. The summed E-state index contributed by atoms with van der Waals surface area (Å²) in [6, 6.07) is 10.7. The number of aliphatic hydroxyl groups excluding tert-OH is 1. The molecule has 4 nitrogen and oxygen atoms in total. The summed E-state index contributed by atoms with van der Waals surface area (Å²) in [5.41, 5.74) is 1.35. The highest BCUT2D eigenvalue weighted by atomic mass is 28.4. The topological polar surface area (TPSA) is 47.9 Å². The van der Waals surface area contributed by atoms with E-state index in [2.05, 4.69) is 110 Å². The Morgan fingerprint density at radius 1 is 0.972 bits per heavy atom. The number of hydrogen-bond acceptors (Lipinski definition) is 4. The van der Waals surface area contributed by atoms with E-state index in [1.165, 1.54) is 5.56 Å². The van der Waals surface area contributed by atoms with Crippen LogP contribution in [0.1, 0.15) is 66.4 Å². The van der Waals surface area contributed by atoms with Gasteiger partial charge in [-0.3, -0.25) is 0 Å². The molecule has 5 unspecified atom stereocenters. The van der Waals surface area contributed by atoms with E-state index < -0.39 is 22.9 Å². The Kier molecular flexibility index (Phi) is 9.22. The van der Waals surface area contributed by atoms with Gasteiger partial charge in [0.15, 0.2) is 22.9 Å². The first-order valence-electron chi connectivity index (χ1n) is 13.9. The lowest BCUT2D eigenvalue weighted by Gasteiger charge is -2.40. The van der Waals surface area contributed by atoms with E-state index in [1.807, 2.05) is 0 Å². The van der Waals surface area contributed by atoms with Gasteiger partial charge in [0, 0.05) is 12.3 Å². The summed E-state index contributed by atoms with van der Waals surface area (Å²) in [6.07, 6.45) is 7.81. The van der Waals surface area contributed by atoms with E-state index in [0.717, 1.165) is 19.3 Å². The van der Waals surface area contributed by atoms with Crippen molar-refractivity contribution in [3.8, 4) is 0 Å². The summed E-state index contributed by atoms with van der Waals surface area (Å²) < 4.78 is 19.8. The molecule has 36 heavy (non-hydrogen) atoms. The van der Waals surface area contributed by atoms with Crippen LogP contribution in [-0.2, 0) is 20.0 Å².